The van der Waals surface area contributed by atoms with Crippen LogP contribution in [0.4, 0.5) is 0 Å². The third-order valence-electron chi connectivity index (χ3n) is 2.98. The van der Waals surface area contributed by atoms with Crippen LogP contribution in [0.5, 0.6) is 0 Å². The number of aliphatic hydroxyl groups excluding tert-OH is 1. The van der Waals surface area contributed by atoms with E-state index in [0.29, 0.717) is 12.5 Å². The summed E-state index contributed by atoms with van der Waals surface area (Å²) >= 11 is 0. The van der Waals surface area contributed by atoms with Crippen molar-refractivity contribution in [2.24, 2.45) is 11.7 Å². The van der Waals surface area contributed by atoms with Gasteiger partial charge < -0.3 is 15.6 Å². The highest BCUT2D eigenvalue weighted by atomic mass is 16.5. The fraction of sp³-hybridized carbons (Fsp3) is 0.909. The largest absolute Gasteiger partial charge is 0.464 e. The van der Waals surface area contributed by atoms with Crippen LogP contribution in [-0.2, 0) is 9.53 Å². The number of ether oxygens (including phenoxy) is 1. The van der Waals surface area contributed by atoms with E-state index in [-0.39, 0.29) is 0 Å². The van der Waals surface area contributed by atoms with Gasteiger partial charge in [0.05, 0.1) is 12.7 Å². The van der Waals surface area contributed by atoms with Crippen LogP contribution >= 0.6 is 0 Å². The van der Waals surface area contributed by atoms with Crippen LogP contribution < -0.4 is 5.73 Å². The Morgan fingerprint density at radius 3 is 2.60 bits per heavy atom. The van der Waals surface area contributed by atoms with Gasteiger partial charge in [0.2, 0.25) is 0 Å². The van der Waals surface area contributed by atoms with Gasteiger partial charge in [0.15, 0.2) is 0 Å². The van der Waals surface area contributed by atoms with Crippen LogP contribution in [0.3, 0.4) is 0 Å². The first-order valence-electron chi connectivity index (χ1n) is 5.71. The molecule has 4 nitrogen and oxygen atoms in total. The predicted molar refractivity (Wildman–Crippen MR) is 57.2 cm³/mol. The Morgan fingerprint density at radius 2 is 2.07 bits per heavy atom. The maximum absolute atomic E-state index is 11.3. The van der Waals surface area contributed by atoms with Gasteiger partial charge in [0.25, 0.3) is 0 Å². The SMILES string of the molecule is CC(O)C(N)C(=O)OCC1CCCCC1. The minimum Gasteiger partial charge on any atom is -0.464 e. The predicted octanol–water partition coefficient (Wildman–Crippen LogP) is 0.818. The molecule has 1 fully saturated rings. The summed E-state index contributed by atoms with van der Waals surface area (Å²) in [5, 5.41) is 9.10. The minimum absolute atomic E-state index is 0.458. The highest BCUT2D eigenvalue weighted by Gasteiger charge is 2.22. The van der Waals surface area contributed by atoms with Crippen molar-refractivity contribution in [3.8, 4) is 0 Å². The number of nitrogens with two attached hydrogens (primary N) is 1. The molecule has 0 heterocycles. The monoisotopic (exact) mass is 215 g/mol. The van der Waals surface area contributed by atoms with Crippen LogP contribution in [0.25, 0.3) is 0 Å². The molecule has 2 unspecified atom stereocenters. The van der Waals surface area contributed by atoms with Crippen LogP contribution in [0.2, 0.25) is 0 Å². The Labute approximate surface area is 90.8 Å². The molecule has 0 aromatic heterocycles. The van der Waals surface area contributed by atoms with Gasteiger partial charge in [0.1, 0.15) is 6.04 Å². The number of hydrogen-bond acceptors (Lipinski definition) is 4. The lowest BCUT2D eigenvalue weighted by Crippen LogP contribution is -2.42. The van der Waals surface area contributed by atoms with Gasteiger partial charge in [-0.1, -0.05) is 19.3 Å². The summed E-state index contributed by atoms with van der Waals surface area (Å²) in [4.78, 5) is 11.3. The Morgan fingerprint density at radius 1 is 1.47 bits per heavy atom. The van der Waals surface area contributed by atoms with Gasteiger partial charge in [0, 0.05) is 0 Å². The first kappa shape index (κ1) is 12.5. The molecule has 1 rings (SSSR count). The molecule has 0 amide bonds. The number of aliphatic hydroxyl groups is 1. The molecule has 0 aromatic carbocycles. The molecule has 0 aromatic rings. The molecular formula is C11H21NO3. The van der Waals surface area contributed by atoms with Crippen molar-refractivity contribution in [2.45, 2.75) is 51.2 Å². The van der Waals surface area contributed by atoms with Crippen LogP contribution in [0.15, 0.2) is 0 Å². The van der Waals surface area contributed by atoms with Gasteiger partial charge in [-0.25, -0.2) is 0 Å². The zero-order valence-corrected chi connectivity index (χ0v) is 9.32. The third-order valence-corrected chi connectivity index (χ3v) is 2.98. The molecular weight excluding hydrogens is 194 g/mol. The number of carbonyl (C=O) groups is 1. The first-order chi connectivity index (χ1) is 7.11. The molecule has 1 saturated carbocycles. The van der Waals surface area contributed by atoms with Crippen molar-refractivity contribution >= 4 is 5.97 Å². The van der Waals surface area contributed by atoms with E-state index in [2.05, 4.69) is 0 Å². The molecule has 3 N–H and O–H groups in total. The Hall–Kier alpha value is -0.610. The van der Waals surface area contributed by atoms with Gasteiger partial charge in [-0.05, 0) is 25.7 Å². The molecule has 0 radical (unpaired) electrons. The van der Waals surface area contributed by atoms with Gasteiger partial charge >= 0.3 is 5.97 Å². The average Bonchev–Trinajstić information content (AvgIpc) is 2.26. The summed E-state index contributed by atoms with van der Waals surface area (Å²) < 4.78 is 5.08. The quantitative estimate of drug-likeness (QED) is 0.681. The Kier molecular flexibility index (Phi) is 5.05. The summed E-state index contributed by atoms with van der Waals surface area (Å²) in [5.74, 6) is -0.000488. The molecule has 1 aliphatic carbocycles. The lowest BCUT2D eigenvalue weighted by Gasteiger charge is -2.22. The van der Waals surface area contributed by atoms with Crippen molar-refractivity contribution in [2.75, 3.05) is 6.61 Å². The Bertz CT molecular complexity index is 200. The number of carbonyl (C=O) groups excluding carboxylic acids is 1. The van der Waals surface area contributed by atoms with E-state index in [1.807, 2.05) is 0 Å². The Balaban J connectivity index is 2.20. The maximum atomic E-state index is 11.3. The molecule has 0 aliphatic heterocycles. The zero-order valence-electron chi connectivity index (χ0n) is 9.32. The standard InChI is InChI=1S/C11H21NO3/c1-8(13)10(12)11(14)15-7-9-5-3-2-4-6-9/h8-10,13H,2-7,12H2,1H3. The summed E-state index contributed by atoms with van der Waals surface area (Å²) in [6.07, 6.45) is 5.17. The van der Waals surface area contributed by atoms with Crippen LogP contribution in [0.1, 0.15) is 39.0 Å². The zero-order chi connectivity index (χ0) is 11.3. The molecule has 0 spiro atoms. The third kappa shape index (κ3) is 4.18. The second-order valence-electron chi connectivity index (χ2n) is 4.40. The molecule has 1 aliphatic rings. The molecule has 4 heteroatoms. The summed E-state index contributed by atoms with van der Waals surface area (Å²) in [6.45, 7) is 1.95. The van der Waals surface area contributed by atoms with E-state index in [1.165, 1.54) is 26.2 Å². The second kappa shape index (κ2) is 6.08. The lowest BCUT2D eigenvalue weighted by atomic mass is 9.90. The van der Waals surface area contributed by atoms with Crippen molar-refractivity contribution in [3.05, 3.63) is 0 Å². The maximum Gasteiger partial charge on any atom is 0.325 e. The second-order valence-corrected chi connectivity index (χ2v) is 4.40. The van der Waals surface area contributed by atoms with Crippen LogP contribution in [0, 0.1) is 5.92 Å². The van der Waals surface area contributed by atoms with Crippen molar-refractivity contribution in [1.29, 1.82) is 0 Å². The topological polar surface area (TPSA) is 72.5 Å². The van der Waals surface area contributed by atoms with Gasteiger partial charge in [-0.2, -0.15) is 0 Å². The highest BCUT2D eigenvalue weighted by molar-refractivity contribution is 5.76. The van der Waals surface area contributed by atoms with Crippen molar-refractivity contribution < 1.29 is 14.6 Å². The number of esters is 1. The summed E-state index contributed by atoms with van der Waals surface area (Å²) in [6, 6.07) is -0.909. The van der Waals surface area contributed by atoms with Crippen molar-refractivity contribution in [1.82, 2.24) is 0 Å². The fourth-order valence-electron chi connectivity index (χ4n) is 1.85. The smallest absolute Gasteiger partial charge is 0.325 e. The molecule has 0 saturated heterocycles. The van der Waals surface area contributed by atoms with E-state index < -0.39 is 18.1 Å². The van der Waals surface area contributed by atoms with Gasteiger partial charge in [-0.15, -0.1) is 0 Å². The van der Waals surface area contributed by atoms with Gasteiger partial charge in [-0.3, -0.25) is 4.79 Å². The highest BCUT2D eigenvalue weighted by Crippen LogP contribution is 2.23. The first-order valence-corrected chi connectivity index (χ1v) is 5.71. The fourth-order valence-corrected chi connectivity index (χ4v) is 1.85. The van der Waals surface area contributed by atoms with E-state index in [9.17, 15) is 4.79 Å². The van der Waals surface area contributed by atoms with Crippen LogP contribution in [-0.4, -0.2) is 29.8 Å². The van der Waals surface area contributed by atoms with E-state index >= 15 is 0 Å². The molecule has 15 heavy (non-hydrogen) atoms. The lowest BCUT2D eigenvalue weighted by molar-refractivity contribution is -0.149. The molecule has 0 bridgehead atoms. The minimum atomic E-state index is -0.909. The molecule has 88 valence electrons. The molecule has 2 atom stereocenters. The number of rotatable bonds is 4. The van der Waals surface area contributed by atoms with E-state index in [0.717, 1.165) is 12.8 Å². The normalized spacial score (nSPS) is 22.1. The number of hydrogen-bond donors (Lipinski definition) is 2. The van der Waals surface area contributed by atoms with Crippen molar-refractivity contribution in [3.63, 3.8) is 0 Å². The summed E-state index contributed by atoms with van der Waals surface area (Å²) in [7, 11) is 0. The van der Waals surface area contributed by atoms with E-state index in [4.69, 9.17) is 15.6 Å². The average molecular weight is 215 g/mol. The summed E-state index contributed by atoms with van der Waals surface area (Å²) in [5.41, 5.74) is 5.45. The van der Waals surface area contributed by atoms with E-state index in [1.54, 1.807) is 0 Å².